The maximum atomic E-state index is 16.8. The molecule has 0 aliphatic carbocycles. The molecular weight excluding hydrogens is 714 g/mol. The molecule has 57 heavy (non-hydrogen) atoms. The van der Waals surface area contributed by atoms with E-state index in [1.807, 2.05) is 103 Å². The number of para-hydroxylation sites is 3. The summed E-state index contributed by atoms with van der Waals surface area (Å²) in [4.78, 5) is 0. The van der Waals surface area contributed by atoms with Crippen LogP contribution in [0, 0.1) is 0 Å². The van der Waals surface area contributed by atoms with Gasteiger partial charge in [0.05, 0.1) is 27.7 Å². The van der Waals surface area contributed by atoms with Crippen LogP contribution in [0.25, 0.3) is 33.2 Å². The van der Waals surface area contributed by atoms with E-state index in [9.17, 15) is 0 Å². The predicted octanol–water partition coefficient (Wildman–Crippen LogP) is 9.63. The van der Waals surface area contributed by atoms with Crippen molar-refractivity contribution in [2.45, 2.75) is 11.0 Å². The lowest BCUT2D eigenvalue weighted by atomic mass is 9.62. The van der Waals surface area contributed by atoms with Crippen LogP contribution in [0.4, 0.5) is 0 Å². The SMILES string of the molecule is N/C(=C\C(N)(c1ccccc1)c1ccc2c(c1)P(=O)(c1ccccc1)c1ccccc1C21c2ccccc2-n2c3ccccc3c3cccc1c32)c1ccccc1. The first kappa shape index (κ1) is 33.6. The molecule has 3 unspecified atom stereocenters. The van der Waals surface area contributed by atoms with Crippen LogP contribution in [0.15, 0.2) is 206 Å². The van der Waals surface area contributed by atoms with Crippen LogP contribution in [0.1, 0.15) is 38.9 Å². The van der Waals surface area contributed by atoms with E-state index < -0.39 is 18.1 Å². The van der Waals surface area contributed by atoms with Gasteiger partial charge in [0.2, 0.25) is 0 Å². The van der Waals surface area contributed by atoms with Crippen molar-refractivity contribution in [3.8, 4) is 5.69 Å². The molecule has 4 nitrogen and oxygen atoms in total. The molecule has 0 amide bonds. The van der Waals surface area contributed by atoms with Gasteiger partial charge >= 0.3 is 0 Å². The molecule has 9 aromatic rings. The number of nitrogens with two attached hydrogens (primary N) is 2. The summed E-state index contributed by atoms with van der Waals surface area (Å²) in [5.41, 5.74) is 23.5. The van der Waals surface area contributed by atoms with Gasteiger partial charge in [-0.15, -0.1) is 0 Å². The summed E-state index contributed by atoms with van der Waals surface area (Å²) in [7, 11) is -3.53. The summed E-state index contributed by atoms with van der Waals surface area (Å²) in [6, 6.07) is 69.0. The fourth-order valence-corrected chi connectivity index (χ4v) is 13.1. The normalized spacial score (nSPS) is 19.1. The topological polar surface area (TPSA) is 74.0 Å². The second-order valence-corrected chi connectivity index (χ2v) is 17.9. The minimum atomic E-state index is -3.53. The largest absolute Gasteiger partial charge is 0.398 e. The molecule has 1 aromatic heterocycles. The first-order valence-electron chi connectivity index (χ1n) is 19.4. The molecule has 2 aliphatic rings. The smallest absolute Gasteiger partial charge is 0.171 e. The fraction of sp³-hybridized carbons (Fsp3) is 0.0385. The van der Waals surface area contributed by atoms with E-state index in [1.54, 1.807) is 0 Å². The highest BCUT2D eigenvalue weighted by Gasteiger charge is 2.54. The van der Waals surface area contributed by atoms with Crippen LogP contribution >= 0.6 is 7.14 Å². The van der Waals surface area contributed by atoms with Crippen LogP contribution in [0.3, 0.4) is 0 Å². The molecule has 5 heteroatoms. The molecule has 3 heterocycles. The van der Waals surface area contributed by atoms with Gasteiger partial charge in [-0.1, -0.05) is 182 Å². The molecule has 0 saturated heterocycles. The zero-order valence-corrected chi connectivity index (χ0v) is 32.0. The Labute approximate surface area is 331 Å². The summed E-state index contributed by atoms with van der Waals surface area (Å²) in [6.07, 6.45) is 1.95. The number of benzene rings is 8. The number of hydrogen-bond acceptors (Lipinski definition) is 3. The van der Waals surface area contributed by atoms with Crippen molar-refractivity contribution in [2.24, 2.45) is 11.5 Å². The van der Waals surface area contributed by atoms with E-state index in [0.717, 1.165) is 71.6 Å². The Bertz CT molecular complexity index is 3130. The summed E-state index contributed by atoms with van der Waals surface area (Å²) in [5, 5.41) is 4.78. The molecule has 8 aromatic carbocycles. The van der Waals surface area contributed by atoms with Gasteiger partial charge in [0.1, 0.15) is 0 Å². The zero-order chi connectivity index (χ0) is 38.4. The summed E-state index contributed by atoms with van der Waals surface area (Å²) < 4.78 is 19.3. The van der Waals surface area contributed by atoms with Gasteiger partial charge in [0, 0.05) is 32.4 Å². The lowest BCUT2D eigenvalue weighted by molar-refractivity contribution is 0.589. The number of rotatable bonds is 5. The van der Waals surface area contributed by atoms with Gasteiger partial charge < -0.3 is 20.6 Å². The third-order valence-electron chi connectivity index (χ3n) is 12.4. The average Bonchev–Trinajstić information content (AvgIpc) is 3.62. The number of aromatic nitrogens is 1. The number of fused-ring (bicyclic) bond motifs is 11. The number of nitrogens with zero attached hydrogens (tertiary/aromatic N) is 1. The van der Waals surface area contributed by atoms with Gasteiger partial charge in [-0.25, -0.2) is 0 Å². The molecule has 4 N–H and O–H groups in total. The Hall–Kier alpha value is -6.71. The van der Waals surface area contributed by atoms with E-state index >= 15 is 4.57 Å². The Kier molecular flexibility index (Phi) is 7.31. The van der Waals surface area contributed by atoms with Crippen LogP contribution in [0.2, 0.25) is 0 Å². The van der Waals surface area contributed by atoms with E-state index in [4.69, 9.17) is 11.5 Å². The van der Waals surface area contributed by atoms with Crippen molar-refractivity contribution in [3.05, 3.63) is 245 Å². The first-order valence-corrected chi connectivity index (χ1v) is 21.1. The quantitative estimate of drug-likeness (QED) is 0.172. The van der Waals surface area contributed by atoms with Crippen LogP contribution in [-0.2, 0) is 15.5 Å². The third-order valence-corrected chi connectivity index (χ3v) is 15.5. The van der Waals surface area contributed by atoms with Gasteiger partial charge in [0.15, 0.2) is 7.14 Å². The molecule has 0 fully saturated rings. The minimum Gasteiger partial charge on any atom is -0.398 e. The molecular formula is C52H38N3OP. The first-order chi connectivity index (χ1) is 28.0. The molecule has 0 bridgehead atoms. The van der Waals surface area contributed by atoms with E-state index in [0.29, 0.717) is 5.70 Å². The predicted molar refractivity (Wildman–Crippen MR) is 236 cm³/mol. The Morgan fingerprint density at radius 2 is 1.14 bits per heavy atom. The monoisotopic (exact) mass is 751 g/mol. The van der Waals surface area contributed by atoms with Crippen LogP contribution < -0.4 is 27.4 Å². The Morgan fingerprint density at radius 1 is 0.544 bits per heavy atom. The maximum absolute atomic E-state index is 16.8. The summed E-state index contributed by atoms with van der Waals surface area (Å²) in [5.74, 6) is 0. The molecule has 11 rings (SSSR count). The molecule has 0 radical (unpaired) electrons. The molecule has 2 aliphatic heterocycles. The summed E-state index contributed by atoms with van der Waals surface area (Å²) in [6.45, 7) is 0. The van der Waals surface area contributed by atoms with E-state index in [-0.39, 0.29) is 0 Å². The average molecular weight is 752 g/mol. The Morgan fingerprint density at radius 3 is 1.93 bits per heavy atom. The van der Waals surface area contributed by atoms with Crippen LogP contribution in [-0.4, -0.2) is 4.57 Å². The maximum Gasteiger partial charge on any atom is 0.171 e. The highest BCUT2D eigenvalue weighted by atomic mass is 31.2. The zero-order valence-electron chi connectivity index (χ0n) is 31.1. The van der Waals surface area contributed by atoms with E-state index in [2.05, 4.69) is 108 Å². The van der Waals surface area contributed by atoms with Crippen molar-refractivity contribution in [1.82, 2.24) is 4.57 Å². The van der Waals surface area contributed by atoms with Gasteiger partial charge in [0.25, 0.3) is 0 Å². The van der Waals surface area contributed by atoms with Gasteiger partial charge in [-0.3, -0.25) is 0 Å². The van der Waals surface area contributed by atoms with Crippen molar-refractivity contribution in [1.29, 1.82) is 0 Å². The lowest BCUT2D eigenvalue weighted by Crippen LogP contribution is -2.49. The number of hydrogen-bond donors (Lipinski definition) is 2. The third kappa shape index (κ3) is 4.51. The molecule has 3 atom stereocenters. The van der Waals surface area contributed by atoms with Gasteiger partial charge in [-0.2, -0.15) is 0 Å². The second kappa shape index (κ2) is 12.4. The van der Waals surface area contributed by atoms with Crippen molar-refractivity contribution < 1.29 is 4.57 Å². The Balaban J connectivity index is 1.30. The van der Waals surface area contributed by atoms with Crippen LogP contribution in [0.5, 0.6) is 0 Å². The highest BCUT2D eigenvalue weighted by molar-refractivity contribution is 7.85. The van der Waals surface area contributed by atoms with Gasteiger partial charge in [-0.05, 0) is 63.2 Å². The molecule has 0 saturated carbocycles. The van der Waals surface area contributed by atoms with Crippen molar-refractivity contribution in [2.75, 3.05) is 0 Å². The second-order valence-electron chi connectivity index (χ2n) is 15.2. The van der Waals surface area contributed by atoms with E-state index in [1.165, 1.54) is 10.8 Å². The molecule has 1 spiro atoms. The minimum absolute atomic E-state index is 0.563. The molecule has 272 valence electrons. The lowest BCUT2D eigenvalue weighted by Gasteiger charge is -2.48. The standard InChI is InChI=1S/C52H38N3OP/c53-45(35-17-4-1-5-18-35)34-51(54,36-19-6-2-7-20-36)37-31-32-43-49(33-37)57(56,38-21-8-3-9-22-38)48-30-15-12-26-42(48)52(43)41-25-11-14-29-47(41)55-46-28-13-10-23-39(46)40-24-16-27-44(52)50(40)55/h1-34H,53-54H2/b45-34-. The highest BCUT2D eigenvalue weighted by Crippen LogP contribution is 2.61. The summed E-state index contributed by atoms with van der Waals surface area (Å²) >= 11 is 0. The fourth-order valence-electron chi connectivity index (χ4n) is 9.91. The van der Waals surface area contributed by atoms with Crippen molar-refractivity contribution in [3.63, 3.8) is 0 Å². The van der Waals surface area contributed by atoms with Crippen molar-refractivity contribution >= 4 is 50.6 Å².